The summed E-state index contributed by atoms with van der Waals surface area (Å²) in [6, 6.07) is 19.9. The van der Waals surface area contributed by atoms with Gasteiger partial charge in [-0.25, -0.2) is 0 Å². The lowest BCUT2D eigenvalue weighted by Crippen LogP contribution is -2.49. The van der Waals surface area contributed by atoms with Gasteiger partial charge in [-0.15, -0.1) is 0 Å². The highest BCUT2D eigenvalue weighted by Gasteiger charge is 2.49. The number of benzene rings is 2. The lowest BCUT2D eigenvalue weighted by atomic mass is 9.64. The fourth-order valence-electron chi connectivity index (χ4n) is 4.10. The predicted molar refractivity (Wildman–Crippen MR) is 96.5 cm³/mol. The van der Waals surface area contributed by atoms with Crippen molar-refractivity contribution in [2.45, 2.75) is 11.8 Å². The molecule has 0 unspecified atom stereocenters. The van der Waals surface area contributed by atoms with Crippen molar-refractivity contribution in [1.82, 2.24) is 4.90 Å². The van der Waals surface area contributed by atoms with E-state index in [-0.39, 0.29) is 11.8 Å². The molecule has 0 bridgehead atoms. The molecule has 4 nitrogen and oxygen atoms in total. The Bertz CT molecular complexity index is 632. The van der Waals surface area contributed by atoms with Crippen molar-refractivity contribution in [3.8, 4) is 0 Å². The molecule has 1 aliphatic heterocycles. The van der Waals surface area contributed by atoms with Gasteiger partial charge < -0.3 is 16.4 Å². The van der Waals surface area contributed by atoms with Crippen LogP contribution in [0.3, 0.4) is 0 Å². The van der Waals surface area contributed by atoms with Crippen molar-refractivity contribution in [2.24, 2.45) is 17.4 Å². The lowest BCUT2D eigenvalue weighted by Gasteiger charge is -2.37. The van der Waals surface area contributed by atoms with Gasteiger partial charge in [-0.1, -0.05) is 60.7 Å². The van der Waals surface area contributed by atoms with Gasteiger partial charge in [0.1, 0.15) is 5.41 Å². The second kappa shape index (κ2) is 7.16. The molecule has 2 aromatic carbocycles. The number of primary amides is 1. The molecule has 0 spiro atoms. The van der Waals surface area contributed by atoms with E-state index in [0.717, 1.165) is 37.2 Å². The minimum absolute atomic E-state index is 0.145. The molecule has 4 N–H and O–H groups in total. The predicted octanol–water partition coefficient (Wildman–Crippen LogP) is 1.74. The van der Waals surface area contributed by atoms with Gasteiger partial charge in [0.2, 0.25) is 5.91 Å². The second-order valence-corrected chi connectivity index (χ2v) is 6.48. The zero-order valence-corrected chi connectivity index (χ0v) is 13.9. The number of amides is 1. The maximum atomic E-state index is 12.9. The number of rotatable bonds is 6. The first-order chi connectivity index (χ1) is 11.7. The summed E-state index contributed by atoms with van der Waals surface area (Å²) in [6.45, 7) is 3.28. The highest BCUT2D eigenvalue weighted by molar-refractivity contribution is 5.91. The zero-order valence-electron chi connectivity index (χ0n) is 13.9. The molecule has 1 atom stereocenters. The first-order valence-corrected chi connectivity index (χ1v) is 8.53. The monoisotopic (exact) mass is 323 g/mol. The second-order valence-electron chi connectivity index (χ2n) is 6.48. The van der Waals surface area contributed by atoms with E-state index in [4.69, 9.17) is 11.5 Å². The van der Waals surface area contributed by atoms with Crippen LogP contribution in [0.15, 0.2) is 60.7 Å². The van der Waals surface area contributed by atoms with E-state index in [9.17, 15) is 4.79 Å². The lowest BCUT2D eigenvalue weighted by molar-refractivity contribution is -0.123. The Kier molecular flexibility index (Phi) is 4.97. The van der Waals surface area contributed by atoms with Gasteiger partial charge >= 0.3 is 0 Å². The van der Waals surface area contributed by atoms with Gasteiger partial charge in [0.15, 0.2) is 0 Å². The molecule has 0 aliphatic carbocycles. The SMILES string of the molecule is NCCN1CC[C@@H](C(C(N)=O)(c2ccccc2)c2ccccc2)C1. The van der Waals surface area contributed by atoms with Crippen molar-refractivity contribution in [3.63, 3.8) is 0 Å². The molecule has 0 saturated carbocycles. The van der Waals surface area contributed by atoms with Crippen molar-refractivity contribution >= 4 is 5.91 Å². The summed E-state index contributed by atoms with van der Waals surface area (Å²) in [5.74, 6) is -0.133. The summed E-state index contributed by atoms with van der Waals surface area (Å²) < 4.78 is 0. The molecule has 3 rings (SSSR count). The molecule has 126 valence electrons. The third-order valence-corrected chi connectivity index (χ3v) is 5.18. The maximum absolute atomic E-state index is 12.9. The van der Waals surface area contributed by atoms with Crippen LogP contribution in [0.2, 0.25) is 0 Å². The summed E-state index contributed by atoms with van der Waals surface area (Å²) in [5.41, 5.74) is 12.9. The molecular weight excluding hydrogens is 298 g/mol. The van der Waals surface area contributed by atoms with E-state index in [0.29, 0.717) is 6.54 Å². The molecule has 1 amide bonds. The van der Waals surface area contributed by atoms with Crippen LogP contribution in [0.1, 0.15) is 17.5 Å². The van der Waals surface area contributed by atoms with Crippen LogP contribution in [-0.4, -0.2) is 37.0 Å². The summed E-state index contributed by atoms with van der Waals surface area (Å²) in [4.78, 5) is 15.2. The fourth-order valence-corrected chi connectivity index (χ4v) is 4.10. The normalized spacial score (nSPS) is 18.6. The van der Waals surface area contributed by atoms with E-state index in [1.54, 1.807) is 0 Å². The Morgan fingerprint density at radius 3 is 2.04 bits per heavy atom. The summed E-state index contributed by atoms with van der Waals surface area (Å²) in [5, 5.41) is 0. The first kappa shape index (κ1) is 16.7. The summed E-state index contributed by atoms with van der Waals surface area (Å²) >= 11 is 0. The number of hydrogen-bond donors (Lipinski definition) is 2. The summed E-state index contributed by atoms with van der Waals surface area (Å²) in [6.07, 6.45) is 0.937. The molecule has 1 heterocycles. The average molecular weight is 323 g/mol. The standard InChI is InChI=1S/C20H25N3O/c21-12-14-23-13-11-18(15-23)20(19(22)24,16-7-3-1-4-8-16)17-9-5-2-6-10-17/h1-10,18H,11-15,21H2,(H2,22,24)/t18-/m1/s1. The number of hydrogen-bond acceptors (Lipinski definition) is 3. The van der Waals surface area contributed by atoms with Gasteiger partial charge in [-0.2, -0.15) is 0 Å². The van der Waals surface area contributed by atoms with Crippen LogP contribution in [0.5, 0.6) is 0 Å². The number of nitrogens with two attached hydrogens (primary N) is 2. The minimum atomic E-state index is -0.800. The van der Waals surface area contributed by atoms with Gasteiger partial charge in [-0.05, 0) is 30.0 Å². The van der Waals surface area contributed by atoms with Crippen LogP contribution in [-0.2, 0) is 10.2 Å². The van der Waals surface area contributed by atoms with Gasteiger partial charge in [0, 0.05) is 19.6 Å². The molecular formula is C20H25N3O. The Morgan fingerprint density at radius 1 is 1.04 bits per heavy atom. The van der Waals surface area contributed by atoms with Crippen LogP contribution >= 0.6 is 0 Å². The average Bonchev–Trinajstić information content (AvgIpc) is 3.06. The van der Waals surface area contributed by atoms with E-state index in [1.165, 1.54) is 0 Å². The van der Waals surface area contributed by atoms with Crippen LogP contribution < -0.4 is 11.5 Å². The highest BCUT2D eigenvalue weighted by Crippen LogP contribution is 2.43. The third-order valence-electron chi connectivity index (χ3n) is 5.18. The van der Waals surface area contributed by atoms with E-state index < -0.39 is 5.41 Å². The van der Waals surface area contributed by atoms with Gasteiger partial charge in [0.05, 0.1) is 0 Å². The van der Waals surface area contributed by atoms with Crippen molar-refractivity contribution in [2.75, 3.05) is 26.2 Å². The van der Waals surface area contributed by atoms with Crippen molar-refractivity contribution < 1.29 is 4.79 Å². The Balaban J connectivity index is 2.12. The van der Waals surface area contributed by atoms with Crippen molar-refractivity contribution in [3.05, 3.63) is 71.8 Å². The van der Waals surface area contributed by atoms with Crippen LogP contribution in [0.25, 0.3) is 0 Å². The number of carbonyl (C=O) groups excluding carboxylic acids is 1. The maximum Gasteiger partial charge on any atom is 0.232 e. The smallest absolute Gasteiger partial charge is 0.232 e. The van der Waals surface area contributed by atoms with E-state index in [1.807, 2.05) is 60.7 Å². The molecule has 0 radical (unpaired) electrons. The van der Waals surface area contributed by atoms with Gasteiger partial charge in [-0.3, -0.25) is 4.79 Å². The van der Waals surface area contributed by atoms with Crippen LogP contribution in [0.4, 0.5) is 0 Å². The molecule has 24 heavy (non-hydrogen) atoms. The minimum Gasteiger partial charge on any atom is -0.369 e. The molecule has 1 aliphatic rings. The molecule has 2 aromatic rings. The summed E-state index contributed by atoms with van der Waals surface area (Å²) in [7, 11) is 0. The number of nitrogens with zero attached hydrogens (tertiary/aromatic N) is 1. The Hall–Kier alpha value is -2.17. The molecule has 4 heteroatoms. The van der Waals surface area contributed by atoms with E-state index in [2.05, 4.69) is 4.90 Å². The first-order valence-electron chi connectivity index (χ1n) is 8.53. The molecule has 1 saturated heterocycles. The quantitative estimate of drug-likeness (QED) is 0.850. The van der Waals surface area contributed by atoms with Gasteiger partial charge in [0.25, 0.3) is 0 Å². The fraction of sp³-hybridized carbons (Fsp3) is 0.350. The number of likely N-dealkylation sites (tertiary alicyclic amines) is 1. The topological polar surface area (TPSA) is 72.3 Å². The third kappa shape index (κ3) is 2.83. The number of carbonyl (C=O) groups is 1. The zero-order chi connectivity index (χ0) is 17.0. The highest BCUT2D eigenvalue weighted by atomic mass is 16.1. The largest absolute Gasteiger partial charge is 0.369 e. The van der Waals surface area contributed by atoms with E-state index >= 15 is 0 Å². The van der Waals surface area contributed by atoms with Crippen LogP contribution in [0, 0.1) is 5.92 Å². The molecule has 1 fully saturated rings. The molecule has 0 aromatic heterocycles. The van der Waals surface area contributed by atoms with Crippen molar-refractivity contribution in [1.29, 1.82) is 0 Å². The Morgan fingerprint density at radius 2 is 1.58 bits per heavy atom. The Labute approximate surface area is 143 Å².